The van der Waals surface area contributed by atoms with Crippen molar-refractivity contribution in [3.05, 3.63) is 0 Å². The first-order valence-electron chi connectivity index (χ1n) is 1.88. The van der Waals surface area contributed by atoms with Gasteiger partial charge in [0.1, 0.15) is 0 Å². The molecule has 0 atom stereocenters. The van der Waals surface area contributed by atoms with Gasteiger partial charge in [0.15, 0.2) is 0 Å². The third kappa shape index (κ3) is 7.49. The fourth-order valence-corrected chi connectivity index (χ4v) is 3.88. The van der Waals surface area contributed by atoms with Crippen molar-refractivity contribution >= 4 is 0 Å². The zero-order valence-electron chi connectivity index (χ0n) is 4.44. The maximum absolute atomic E-state index is 10.2. The van der Waals surface area contributed by atoms with Crippen LogP contribution in [0.3, 0.4) is 0 Å². The summed E-state index contributed by atoms with van der Waals surface area (Å²) in [4.78, 5) is 0. The van der Waals surface area contributed by atoms with Gasteiger partial charge >= 0.3 is 77.0 Å². The van der Waals surface area contributed by atoms with Gasteiger partial charge in [0.05, 0.1) is 0 Å². The van der Waals surface area contributed by atoms with E-state index in [9.17, 15) is 9.97 Å². The monoisotopic (exact) mass is 258 g/mol. The molecule has 0 saturated heterocycles. The van der Waals surface area contributed by atoms with E-state index < -0.39 is 55.8 Å². The molecule has 0 bridgehead atoms. The van der Waals surface area contributed by atoms with E-state index in [1.807, 2.05) is 0 Å². The first kappa shape index (κ1) is 11.4. The Morgan fingerprint density at radius 2 is 1.20 bits per heavy atom. The molecule has 56 valence electrons. The molecule has 10 heavy (non-hydrogen) atoms. The van der Waals surface area contributed by atoms with Crippen molar-refractivity contribution < 1.29 is 77.0 Å². The van der Waals surface area contributed by atoms with Crippen molar-refractivity contribution in [3.63, 3.8) is 0 Å². The van der Waals surface area contributed by atoms with Gasteiger partial charge in [0.2, 0.25) is 0 Å². The van der Waals surface area contributed by atoms with Crippen LogP contribution < -0.4 is 0 Å². The van der Waals surface area contributed by atoms with Gasteiger partial charge in [-0.05, 0) is 0 Å². The molecule has 10 heteroatoms. The van der Waals surface area contributed by atoms with E-state index in [1.54, 1.807) is 0 Å². The van der Waals surface area contributed by atoms with Gasteiger partial charge in [0.25, 0.3) is 0 Å². The number of hydrogen-bond donors (Lipinski definition) is 2. The average Bonchev–Trinajstić information content (AvgIpc) is 1.58. The first-order chi connectivity index (χ1) is 4.52. The zero-order chi connectivity index (χ0) is 8.15. The summed E-state index contributed by atoms with van der Waals surface area (Å²) in [5.41, 5.74) is 0. The quantitative estimate of drug-likeness (QED) is 0.583. The molecule has 0 fully saturated rings. The van der Waals surface area contributed by atoms with Crippen LogP contribution in [0.2, 0.25) is 0 Å². The predicted octanol–water partition coefficient (Wildman–Crippen LogP) is -1.61. The summed E-state index contributed by atoms with van der Waals surface area (Å²) < 4.78 is 53.5. The van der Waals surface area contributed by atoms with E-state index in [1.165, 1.54) is 0 Å². The molecule has 0 aromatic heterocycles. The van der Waals surface area contributed by atoms with E-state index in [2.05, 4.69) is 3.80 Å². The molecule has 0 heterocycles. The van der Waals surface area contributed by atoms with Gasteiger partial charge in [-0.1, -0.05) is 0 Å². The van der Waals surface area contributed by atoms with Crippen molar-refractivity contribution in [1.82, 2.24) is 0 Å². The van der Waals surface area contributed by atoms with Crippen LogP contribution in [0.25, 0.3) is 0 Å². The van der Waals surface area contributed by atoms with E-state index in [0.29, 0.717) is 0 Å². The van der Waals surface area contributed by atoms with Crippen molar-refractivity contribution in [2.75, 3.05) is 0 Å². The summed E-state index contributed by atoms with van der Waals surface area (Å²) in [5, 5.41) is 0. The predicted molar refractivity (Wildman–Crippen MR) is 8.67 cm³/mol. The summed E-state index contributed by atoms with van der Waals surface area (Å²) in [6.07, 6.45) is 0. The van der Waals surface area contributed by atoms with Crippen molar-refractivity contribution in [2.45, 2.75) is 0 Å². The molecule has 0 aromatic carbocycles. The summed E-state index contributed by atoms with van der Waals surface area (Å²) in [5.74, 6) is 0. The SMILES string of the molecule is [O]=[Ti]([OH])[O][Ti](=[O])[O][Ti](=[O])[OH]. The number of hydrogen-bond acceptors (Lipinski definition) is 5. The van der Waals surface area contributed by atoms with Gasteiger partial charge in [-0.3, -0.25) is 0 Å². The molecule has 0 unspecified atom stereocenters. The normalized spacial score (nSPS) is 9.00. The van der Waals surface area contributed by atoms with Crippen molar-refractivity contribution in [3.8, 4) is 0 Å². The second kappa shape index (κ2) is 5.96. The van der Waals surface area contributed by atoms with E-state index in [0.717, 1.165) is 0 Å². The Bertz CT molecular complexity index is 152. The Morgan fingerprint density at radius 1 is 0.900 bits per heavy atom. The van der Waals surface area contributed by atoms with Crippen LogP contribution >= 0.6 is 0 Å². The van der Waals surface area contributed by atoms with Gasteiger partial charge < -0.3 is 0 Å². The van der Waals surface area contributed by atoms with E-state index >= 15 is 0 Å². The Kier molecular flexibility index (Phi) is 6.79. The minimum absolute atomic E-state index is 3.79. The molecule has 0 spiro atoms. The molecule has 0 aliphatic carbocycles. The molecule has 0 aliphatic heterocycles. The van der Waals surface area contributed by atoms with Gasteiger partial charge in [-0.25, -0.2) is 0 Å². The topological polar surface area (TPSA) is 110 Å². The third-order valence-corrected chi connectivity index (χ3v) is 5.80. The van der Waals surface area contributed by atoms with E-state index in [4.69, 9.17) is 7.38 Å². The Hall–Kier alpha value is 1.38. The third-order valence-electron chi connectivity index (χ3n) is 0.341. The van der Waals surface area contributed by atoms with E-state index in [-0.39, 0.29) is 0 Å². The first-order valence-corrected chi connectivity index (χ1v) is 7.74. The summed E-state index contributed by atoms with van der Waals surface area (Å²) in [7, 11) is 0. The van der Waals surface area contributed by atoms with Crippen LogP contribution in [0.4, 0.5) is 0 Å². The van der Waals surface area contributed by atoms with Crippen LogP contribution in [-0.4, -0.2) is 7.38 Å². The van der Waals surface area contributed by atoms with Gasteiger partial charge in [-0.2, -0.15) is 0 Å². The molecular weight excluding hydrogens is 256 g/mol. The van der Waals surface area contributed by atoms with Crippen LogP contribution in [0.5, 0.6) is 0 Å². The second-order valence-corrected chi connectivity index (χ2v) is 6.69. The van der Waals surface area contributed by atoms with Crippen LogP contribution in [-0.2, 0) is 69.6 Å². The Morgan fingerprint density at radius 3 is 1.40 bits per heavy atom. The second-order valence-electron chi connectivity index (χ2n) is 0.986. The summed E-state index contributed by atoms with van der Waals surface area (Å²) >= 11 is -11.5. The van der Waals surface area contributed by atoms with Gasteiger partial charge in [0, 0.05) is 0 Å². The zero-order valence-corrected chi connectivity index (χ0v) is 9.12. The standard InChI is InChI=1S/2H2O.5O.3Ti/h2*1H2;;;;;;;;/q;;;;;;;;2*+1/p-2. The molecular formula is H2O7Ti3. The van der Waals surface area contributed by atoms with Crippen LogP contribution in [0.1, 0.15) is 0 Å². The van der Waals surface area contributed by atoms with Crippen LogP contribution in [0.15, 0.2) is 0 Å². The Labute approximate surface area is 76.3 Å². The molecule has 0 radical (unpaired) electrons. The molecule has 7 nitrogen and oxygen atoms in total. The summed E-state index contributed by atoms with van der Waals surface area (Å²) in [6, 6.07) is 0. The fraction of sp³-hybridized carbons (Fsp3) is 0. The molecule has 0 aliphatic rings. The van der Waals surface area contributed by atoms with Crippen molar-refractivity contribution in [2.24, 2.45) is 0 Å². The molecule has 0 saturated carbocycles. The molecule has 0 rings (SSSR count). The molecule has 0 amide bonds. The minimum atomic E-state index is -3.86. The molecule has 2 N–H and O–H groups in total. The van der Waals surface area contributed by atoms with Crippen molar-refractivity contribution in [1.29, 1.82) is 0 Å². The number of rotatable bonds is 4. The maximum atomic E-state index is 10.2. The Balaban J connectivity index is 3.65. The molecule has 0 aromatic rings. The van der Waals surface area contributed by atoms with Gasteiger partial charge in [-0.15, -0.1) is 0 Å². The summed E-state index contributed by atoms with van der Waals surface area (Å²) in [6.45, 7) is 0. The fourth-order valence-electron chi connectivity index (χ4n) is 0.163. The average molecular weight is 258 g/mol. The van der Waals surface area contributed by atoms with Crippen LogP contribution in [0, 0.1) is 0 Å².